The Bertz CT molecular complexity index is 904. The minimum atomic E-state index is -0.0599. The molecule has 2 heterocycles. The molecule has 1 aliphatic rings. The molecule has 0 aliphatic carbocycles. The highest BCUT2D eigenvalue weighted by molar-refractivity contribution is 5.92. The summed E-state index contributed by atoms with van der Waals surface area (Å²) >= 11 is 0. The zero-order valence-electron chi connectivity index (χ0n) is 14.8. The number of likely N-dealkylation sites (tertiary alicyclic amines) is 1. The SMILES string of the molecule is Cc1ccccc1C1CCCN1C(=O)Nc1ccccc1-n1cccn1. The van der Waals surface area contributed by atoms with E-state index in [2.05, 4.69) is 29.5 Å². The van der Waals surface area contributed by atoms with Crippen LogP contribution in [-0.2, 0) is 0 Å². The van der Waals surface area contributed by atoms with E-state index in [4.69, 9.17) is 0 Å². The standard InChI is InChI=1S/C21H22N4O/c1-16-8-2-3-9-17(16)19-12-6-14-24(19)21(26)23-18-10-4-5-11-20(18)25-15-7-13-22-25/h2-5,7-11,13,15,19H,6,12,14H2,1H3,(H,23,26). The van der Waals surface area contributed by atoms with Crippen LogP contribution in [0.3, 0.4) is 0 Å². The molecule has 26 heavy (non-hydrogen) atoms. The maximum absolute atomic E-state index is 13.0. The number of carbonyl (C=O) groups is 1. The molecule has 132 valence electrons. The van der Waals surface area contributed by atoms with E-state index in [1.165, 1.54) is 11.1 Å². The van der Waals surface area contributed by atoms with Crippen LogP contribution in [0.25, 0.3) is 5.69 Å². The van der Waals surface area contributed by atoms with Crippen molar-refractivity contribution in [2.75, 3.05) is 11.9 Å². The van der Waals surface area contributed by atoms with Gasteiger partial charge in [0.2, 0.25) is 0 Å². The smallest absolute Gasteiger partial charge is 0.317 e. The highest BCUT2D eigenvalue weighted by Crippen LogP contribution is 2.34. The summed E-state index contributed by atoms with van der Waals surface area (Å²) in [5.74, 6) is 0. The van der Waals surface area contributed by atoms with E-state index in [9.17, 15) is 4.79 Å². The Morgan fingerprint density at radius 2 is 1.92 bits per heavy atom. The normalized spacial score (nSPS) is 16.7. The van der Waals surface area contributed by atoms with Gasteiger partial charge in [0.05, 0.1) is 17.4 Å². The van der Waals surface area contributed by atoms with Crippen molar-refractivity contribution in [1.29, 1.82) is 0 Å². The van der Waals surface area contributed by atoms with Crippen molar-refractivity contribution in [2.24, 2.45) is 0 Å². The zero-order chi connectivity index (χ0) is 17.9. The average molecular weight is 346 g/mol. The molecule has 1 aliphatic heterocycles. The van der Waals surface area contributed by atoms with Gasteiger partial charge in [0, 0.05) is 18.9 Å². The van der Waals surface area contributed by atoms with Crippen LogP contribution in [0.4, 0.5) is 10.5 Å². The number of urea groups is 1. The summed E-state index contributed by atoms with van der Waals surface area (Å²) in [4.78, 5) is 15.0. The van der Waals surface area contributed by atoms with Crippen LogP contribution in [0, 0.1) is 6.92 Å². The number of benzene rings is 2. The minimum absolute atomic E-state index is 0.0599. The largest absolute Gasteiger partial charge is 0.322 e. The fourth-order valence-electron chi connectivity index (χ4n) is 3.67. The predicted octanol–water partition coefficient (Wildman–Crippen LogP) is 4.55. The monoisotopic (exact) mass is 346 g/mol. The molecule has 0 bridgehead atoms. The lowest BCUT2D eigenvalue weighted by Gasteiger charge is -2.27. The Hall–Kier alpha value is -3.08. The van der Waals surface area contributed by atoms with Crippen LogP contribution >= 0.6 is 0 Å². The van der Waals surface area contributed by atoms with E-state index in [0.29, 0.717) is 0 Å². The molecule has 5 nitrogen and oxygen atoms in total. The lowest BCUT2D eigenvalue weighted by molar-refractivity contribution is 0.207. The maximum atomic E-state index is 13.0. The van der Waals surface area contributed by atoms with Crippen LogP contribution < -0.4 is 5.32 Å². The first-order chi connectivity index (χ1) is 12.7. The van der Waals surface area contributed by atoms with Gasteiger partial charge in [-0.3, -0.25) is 0 Å². The van der Waals surface area contributed by atoms with E-state index >= 15 is 0 Å². The van der Waals surface area contributed by atoms with Gasteiger partial charge in [-0.2, -0.15) is 5.10 Å². The van der Waals surface area contributed by atoms with Crippen LogP contribution in [0.2, 0.25) is 0 Å². The average Bonchev–Trinajstić information content (AvgIpc) is 3.34. The second-order valence-corrected chi connectivity index (χ2v) is 6.61. The van der Waals surface area contributed by atoms with Crippen molar-refractivity contribution in [3.8, 4) is 5.69 Å². The Labute approximate surface area is 153 Å². The number of hydrogen-bond acceptors (Lipinski definition) is 2. The minimum Gasteiger partial charge on any atom is -0.317 e. The molecule has 0 saturated carbocycles. The van der Waals surface area contributed by atoms with Gasteiger partial charge >= 0.3 is 6.03 Å². The summed E-state index contributed by atoms with van der Waals surface area (Å²) < 4.78 is 1.76. The molecule has 1 atom stereocenters. The molecule has 5 heteroatoms. The summed E-state index contributed by atoms with van der Waals surface area (Å²) in [7, 11) is 0. The maximum Gasteiger partial charge on any atom is 0.322 e. The third-order valence-corrected chi connectivity index (χ3v) is 4.96. The highest BCUT2D eigenvalue weighted by atomic mass is 16.2. The van der Waals surface area contributed by atoms with Gasteiger partial charge in [0.25, 0.3) is 0 Å². The molecule has 4 rings (SSSR count). The molecule has 2 aromatic carbocycles. The molecule has 1 aromatic heterocycles. The van der Waals surface area contributed by atoms with Gasteiger partial charge in [0.15, 0.2) is 0 Å². The fourth-order valence-corrected chi connectivity index (χ4v) is 3.67. The van der Waals surface area contributed by atoms with Crippen LogP contribution in [0.15, 0.2) is 67.0 Å². The third kappa shape index (κ3) is 3.08. The van der Waals surface area contributed by atoms with E-state index in [1.54, 1.807) is 10.9 Å². The van der Waals surface area contributed by atoms with Gasteiger partial charge in [-0.15, -0.1) is 0 Å². The molecule has 1 fully saturated rings. The quantitative estimate of drug-likeness (QED) is 0.756. The number of carbonyl (C=O) groups excluding carboxylic acids is 1. The van der Waals surface area contributed by atoms with Crippen LogP contribution in [0.1, 0.15) is 30.0 Å². The number of rotatable bonds is 3. The highest BCUT2D eigenvalue weighted by Gasteiger charge is 2.31. The third-order valence-electron chi connectivity index (χ3n) is 4.96. The number of anilines is 1. The molecule has 1 N–H and O–H groups in total. The van der Waals surface area contributed by atoms with Crippen LogP contribution in [0.5, 0.6) is 0 Å². The lowest BCUT2D eigenvalue weighted by Crippen LogP contribution is -2.35. The number of aromatic nitrogens is 2. The first-order valence-electron chi connectivity index (χ1n) is 8.96. The summed E-state index contributed by atoms with van der Waals surface area (Å²) in [6.07, 6.45) is 5.62. The van der Waals surface area contributed by atoms with E-state index < -0.39 is 0 Å². The number of para-hydroxylation sites is 2. The van der Waals surface area contributed by atoms with Crippen molar-refractivity contribution in [2.45, 2.75) is 25.8 Å². The first-order valence-corrected chi connectivity index (χ1v) is 8.96. The molecule has 3 aromatic rings. The van der Waals surface area contributed by atoms with Crippen molar-refractivity contribution >= 4 is 11.7 Å². The van der Waals surface area contributed by atoms with Gasteiger partial charge in [-0.05, 0) is 49.1 Å². The Balaban J connectivity index is 1.58. The van der Waals surface area contributed by atoms with E-state index in [0.717, 1.165) is 30.8 Å². The van der Waals surface area contributed by atoms with Gasteiger partial charge < -0.3 is 10.2 Å². The molecular weight excluding hydrogens is 324 g/mol. The number of amides is 2. The Morgan fingerprint density at radius 3 is 2.73 bits per heavy atom. The summed E-state index contributed by atoms with van der Waals surface area (Å²) in [6.45, 7) is 2.88. The van der Waals surface area contributed by atoms with E-state index in [1.807, 2.05) is 53.6 Å². The molecule has 0 radical (unpaired) electrons. The van der Waals surface area contributed by atoms with Crippen LogP contribution in [-0.4, -0.2) is 27.3 Å². The molecule has 0 spiro atoms. The van der Waals surface area contributed by atoms with Crippen molar-refractivity contribution in [3.05, 3.63) is 78.1 Å². The fraction of sp³-hybridized carbons (Fsp3) is 0.238. The number of nitrogens with one attached hydrogen (secondary N) is 1. The number of nitrogens with zero attached hydrogens (tertiary/aromatic N) is 3. The second kappa shape index (κ2) is 7.04. The first kappa shape index (κ1) is 16.4. The predicted molar refractivity (Wildman–Crippen MR) is 102 cm³/mol. The van der Waals surface area contributed by atoms with Gasteiger partial charge in [-0.25, -0.2) is 9.48 Å². The molecule has 1 unspecified atom stereocenters. The Morgan fingerprint density at radius 1 is 1.12 bits per heavy atom. The molecule has 1 saturated heterocycles. The molecule has 2 amide bonds. The summed E-state index contributed by atoms with van der Waals surface area (Å²) in [5.41, 5.74) is 4.09. The van der Waals surface area contributed by atoms with E-state index in [-0.39, 0.29) is 12.1 Å². The summed E-state index contributed by atoms with van der Waals surface area (Å²) in [6, 6.07) is 18.0. The van der Waals surface area contributed by atoms with Crippen molar-refractivity contribution in [3.63, 3.8) is 0 Å². The van der Waals surface area contributed by atoms with Gasteiger partial charge in [-0.1, -0.05) is 36.4 Å². The summed E-state index contributed by atoms with van der Waals surface area (Å²) in [5, 5.41) is 7.36. The number of aryl methyl sites for hydroxylation is 1. The lowest BCUT2D eigenvalue weighted by atomic mass is 9.99. The van der Waals surface area contributed by atoms with Crippen molar-refractivity contribution in [1.82, 2.24) is 14.7 Å². The number of hydrogen-bond donors (Lipinski definition) is 1. The zero-order valence-corrected chi connectivity index (χ0v) is 14.8. The molecular formula is C21H22N4O. The topological polar surface area (TPSA) is 50.2 Å². The van der Waals surface area contributed by atoms with Gasteiger partial charge in [0.1, 0.15) is 0 Å². The van der Waals surface area contributed by atoms with Crippen molar-refractivity contribution < 1.29 is 4.79 Å². The second-order valence-electron chi connectivity index (χ2n) is 6.61. The Kier molecular flexibility index (Phi) is 4.44.